The summed E-state index contributed by atoms with van der Waals surface area (Å²) in [6, 6.07) is 8.05. The van der Waals surface area contributed by atoms with Gasteiger partial charge in [-0.25, -0.2) is 4.79 Å². The molecule has 5 heteroatoms. The Morgan fingerprint density at radius 2 is 2.00 bits per heavy atom. The first kappa shape index (κ1) is 15.5. The number of rotatable bonds is 4. The first-order valence-corrected chi connectivity index (χ1v) is 7.41. The van der Waals surface area contributed by atoms with E-state index < -0.39 is 0 Å². The molecule has 0 saturated carbocycles. The lowest BCUT2D eigenvalue weighted by atomic mass is 10.1. The van der Waals surface area contributed by atoms with E-state index in [-0.39, 0.29) is 6.03 Å². The number of nitrogens with zero attached hydrogens (tertiary/aromatic N) is 2. The molecule has 2 amide bonds. The maximum atomic E-state index is 12.1. The van der Waals surface area contributed by atoms with E-state index in [2.05, 4.69) is 23.2 Å². The molecule has 0 unspecified atom stereocenters. The van der Waals surface area contributed by atoms with E-state index in [0.29, 0.717) is 6.54 Å². The molecule has 1 aromatic carbocycles. The van der Waals surface area contributed by atoms with Crippen molar-refractivity contribution in [2.75, 3.05) is 39.3 Å². The van der Waals surface area contributed by atoms with Crippen molar-refractivity contribution in [3.8, 4) is 0 Å². The highest BCUT2D eigenvalue weighted by Crippen LogP contribution is 2.08. The SMILES string of the molecule is Cc1ccccc1/C=C/NC(=O)N1CCN(CCN)CC1. The minimum atomic E-state index is -0.0350. The van der Waals surface area contributed by atoms with Crippen LogP contribution >= 0.6 is 0 Å². The Kier molecular flexibility index (Phi) is 5.78. The lowest BCUT2D eigenvalue weighted by Crippen LogP contribution is -2.51. The second kappa shape index (κ2) is 7.81. The van der Waals surface area contributed by atoms with Gasteiger partial charge in [0.2, 0.25) is 0 Å². The number of nitrogens with one attached hydrogen (secondary N) is 1. The van der Waals surface area contributed by atoms with Crippen LogP contribution in [0.1, 0.15) is 11.1 Å². The average molecular weight is 288 g/mol. The van der Waals surface area contributed by atoms with Gasteiger partial charge in [0.05, 0.1) is 0 Å². The summed E-state index contributed by atoms with van der Waals surface area (Å²) in [5, 5.41) is 2.84. The van der Waals surface area contributed by atoms with Gasteiger partial charge in [0.1, 0.15) is 0 Å². The molecule has 1 saturated heterocycles. The van der Waals surface area contributed by atoms with E-state index in [1.54, 1.807) is 6.20 Å². The monoisotopic (exact) mass is 288 g/mol. The zero-order valence-corrected chi connectivity index (χ0v) is 12.6. The Labute approximate surface area is 126 Å². The van der Waals surface area contributed by atoms with E-state index in [9.17, 15) is 4.79 Å². The van der Waals surface area contributed by atoms with Gasteiger partial charge < -0.3 is 16.0 Å². The number of hydrogen-bond acceptors (Lipinski definition) is 3. The molecule has 5 nitrogen and oxygen atoms in total. The van der Waals surface area contributed by atoms with Crippen LogP contribution in [-0.2, 0) is 0 Å². The normalized spacial score (nSPS) is 16.4. The molecule has 3 N–H and O–H groups in total. The number of carbonyl (C=O) groups is 1. The molecule has 0 aliphatic carbocycles. The molecule has 2 rings (SSSR count). The minimum Gasteiger partial charge on any atom is -0.329 e. The fourth-order valence-corrected chi connectivity index (χ4v) is 2.42. The lowest BCUT2D eigenvalue weighted by Gasteiger charge is -2.34. The number of benzene rings is 1. The molecule has 114 valence electrons. The van der Waals surface area contributed by atoms with E-state index in [4.69, 9.17) is 5.73 Å². The van der Waals surface area contributed by atoms with Crippen LogP contribution in [0.15, 0.2) is 30.5 Å². The number of nitrogens with two attached hydrogens (primary N) is 1. The standard InChI is InChI=1S/C16H24N4O/c1-14-4-2-3-5-15(14)6-8-18-16(21)20-12-10-19(9-7-17)11-13-20/h2-6,8H,7,9-13,17H2,1H3,(H,18,21)/b8-6+. The zero-order valence-electron chi connectivity index (χ0n) is 12.6. The molecule has 0 radical (unpaired) electrons. The second-order valence-electron chi connectivity index (χ2n) is 5.26. The molecular formula is C16H24N4O. The summed E-state index contributed by atoms with van der Waals surface area (Å²) in [6.45, 7) is 6.93. The van der Waals surface area contributed by atoms with Crippen LogP contribution in [0.5, 0.6) is 0 Å². The lowest BCUT2D eigenvalue weighted by molar-refractivity contribution is 0.143. The topological polar surface area (TPSA) is 61.6 Å². The van der Waals surface area contributed by atoms with Crippen LogP contribution in [0.4, 0.5) is 4.79 Å². The van der Waals surface area contributed by atoms with Crippen LogP contribution in [-0.4, -0.2) is 55.1 Å². The van der Waals surface area contributed by atoms with Crippen molar-refractivity contribution in [2.24, 2.45) is 5.73 Å². The summed E-state index contributed by atoms with van der Waals surface area (Å²) in [5.74, 6) is 0. The predicted octanol–water partition coefficient (Wildman–Crippen LogP) is 1.25. The van der Waals surface area contributed by atoms with E-state index in [1.165, 1.54) is 5.56 Å². The molecule has 0 aromatic heterocycles. The number of hydrogen-bond donors (Lipinski definition) is 2. The van der Waals surface area contributed by atoms with E-state index in [0.717, 1.165) is 38.3 Å². The average Bonchev–Trinajstić information content (AvgIpc) is 2.50. The quantitative estimate of drug-likeness (QED) is 0.876. The van der Waals surface area contributed by atoms with Crippen molar-refractivity contribution in [3.63, 3.8) is 0 Å². The van der Waals surface area contributed by atoms with Crippen molar-refractivity contribution in [1.29, 1.82) is 0 Å². The fourth-order valence-electron chi connectivity index (χ4n) is 2.42. The van der Waals surface area contributed by atoms with Crippen LogP contribution in [0.25, 0.3) is 6.08 Å². The summed E-state index contributed by atoms with van der Waals surface area (Å²) >= 11 is 0. The van der Waals surface area contributed by atoms with Crippen molar-refractivity contribution in [3.05, 3.63) is 41.6 Å². The highest BCUT2D eigenvalue weighted by atomic mass is 16.2. The van der Waals surface area contributed by atoms with Gasteiger partial charge in [0.25, 0.3) is 0 Å². The summed E-state index contributed by atoms with van der Waals surface area (Å²) in [5.41, 5.74) is 7.85. The van der Waals surface area contributed by atoms with Crippen molar-refractivity contribution >= 4 is 12.1 Å². The maximum absolute atomic E-state index is 12.1. The molecule has 1 fully saturated rings. The zero-order chi connectivity index (χ0) is 15.1. The van der Waals surface area contributed by atoms with Crippen LogP contribution in [0.2, 0.25) is 0 Å². The maximum Gasteiger partial charge on any atom is 0.321 e. The van der Waals surface area contributed by atoms with Gasteiger partial charge in [-0.15, -0.1) is 0 Å². The first-order chi connectivity index (χ1) is 10.2. The summed E-state index contributed by atoms with van der Waals surface area (Å²) in [7, 11) is 0. The molecule has 1 aromatic rings. The highest BCUT2D eigenvalue weighted by Gasteiger charge is 2.19. The number of urea groups is 1. The summed E-state index contributed by atoms with van der Waals surface area (Å²) < 4.78 is 0. The number of carbonyl (C=O) groups excluding carboxylic acids is 1. The predicted molar refractivity (Wildman–Crippen MR) is 85.8 cm³/mol. The molecule has 1 aliphatic rings. The van der Waals surface area contributed by atoms with Gasteiger partial charge in [-0.3, -0.25) is 4.90 Å². The summed E-state index contributed by atoms with van der Waals surface area (Å²) in [4.78, 5) is 16.2. The van der Waals surface area contributed by atoms with Gasteiger partial charge in [0, 0.05) is 45.5 Å². The van der Waals surface area contributed by atoms with Gasteiger partial charge in [0.15, 0.2) is 0 Å². The number of amides is 2. The van der Waals surface area contributed by atoms with E-state index in [1.807, 2.05) is 29.2 Å². The molecule has 0 spiro atoms. The van der Waals surface area contributed by atoms with Crippen LogP contribution < -0.4 is 11.1 Å². The molecular weight excluding hydrogens is 264 g/mol. The second-order valence-corrected chi connectivity index (χ2v) is 5.26. The van der Waals surface area contributed by atoms with Crippen molar-refractivity contribution in [1.82, 2.24) is 15.1 Å². The third-order valence-electron chi connectivity index (χ3n) is 3.76. The molecule has 21 heavy (non-hydrogen) atoms. The molecule has 1 heterocycles. The molecule has 0 bridgehead atoms. The Morgan fingerprint density at radius 1 is 1.29 bits per heavy atom. The Morgan fingerprint density at radius 3 is 2.67 bits per heavy atom. The largest absolute Gasteiger partial charge is 0.329 e. The Hall–Kier alpha value is -1.85. The van der Waals surface area contributed by atoms with E-state index >= 15 is 0 Å². The Balaban J connectivity index is 1.79. The third kappa shape index (κ3) is 4.58. The van der Waals surface area contributed by atoms with Gasteiger partial charge >= 0.3 is 6.03 Å². The first-order valence-electron chi connectivity index (χ1n) is 7.41. The van der Waals surface area contributed by atoms with Crippen molar-refractivity contribution in [2.45, 2.75) is 6.92 Å². The van der Waals surface area contributed by atoms with Crippen LogP contribution in [0.3, 0.4) is 0 Å². The van der Waals surface area contributed by atoms with Crippen LogP contribution in [0, 0.1) is 6.92 Å². The van der Waals surface area contributed by atoms with Gasteiger partial charge in [-0.1, -0.05) is 24.3 Å². The minimum absolute atomic E-state index is 0.0350. The molecule has 1 aliphatic heterocycles. The fraction of sp³-hybridized carbons (Fsp3) is 0.438. The summed E-state index contributed by atoms with van der Waals surface area (Å²) in [6.07, 6.45) is 3.65. The Bertz CT molecular complexity index is 493. The van der Waals surface area contributed by atoms with Gasteiger partial charge in [-0.05, 0) is 24.1 Å². The van der Waals surface area contributed by atoms with Crippen molar-refractivity contribution < 1.29 is 4.79 Å². The number of aryl methyl sites for hydroxylation is 1. The smallest absolute Gasteiger partial charge is 0.321 e. The highest BCUT2D eigenvalue weighted by molar-refractivity contribution is 5.76. The molecule has 0 atom stereocenters. The number of piperazine rings is 1. The van der Waals surface area contributed by atoms with Gasteiger partial charge in [-0.2, -0.15) is 0 Å². The third-order valence-corrected chi connectivity index (χ3v) is 3.76.